The first kappa shape index (κ1) is 19.3. The molecule has 0 spiro atoms. The van der Waals surface area contributed by atoms with Gasteiger partial charge >= 0.3 is 0 Å². The molecule has 3 rings (SSSR count). The number of likely N-dealkylation sites (N-methyl/N-ethyl adjacent to an activating group) is 1. The molecule has 1 aliphatic rings. The number of hydrogen-bond acceptors (Lipinski definition) is 2. The third kappa shape index (κ3) is 4.28. The topological polar surface area (TPSA) is 24.1 Å². The summed E-state index contributed by atoms with van der Waals surface area (Å²) in [6.45, 7) is 0.940. The van der Waals surface area contributed by atoms with Gasteiger partial charge in [-0.2, -0.15) is 0 Å². The van der Waals surface area contributed by atoms with Crippen molar-refractivity contribution in [2.75, 3.05) is 13.6 Å². The Morgan fingerprint density at radius 1 is 1.12 bits per heavy atom. The van der Waals surface area contributed by atoms with Crippen molar-refractivity contribution < 1.29 is 4.39 Å². The zero-order valence-electron chi connectivity index (χ0n) is 15.4. The van der Waals surface area contributed by atoms with Gasteiger partial charge in [-0.15, -0.1) is 0 Å². The third-order valence-corrected chi connectivity index (χ3v) is 5.99. The second kappa shape index (κ2) is 8.98. The SMILES string of the molecule is CN[C@]1(c2ccccc2Cl)CCCC[C@@H]1NCCCc1ccc(F)cc1. The minimum Gasteiger partial charge on any atom is -0.312 e. The van der Waals surface area contributed by atoms with E-state index in [-0.39, 0.29) is 11.4 Å². The summed E-state index contributed by atoms with van der Waals surface area (Å²) in [5.41, 5.74) is 2.26. The van der Waals surface area contributed by atoms with Gasteiger partial charge in [-0.1, -0.05) is 54.8 Å². The van der Waals surface area contributed by atoms with Crippen LogP contribution in [-0.4, -0.2) is 19.6 Å². The number of halogens is 2. The number of rotatable bonds is 7. The van der Waals surface area contributed by atoms with E-state index >= 15 is 0 Å². The summed E-state index contributed by atoms with van der Waals surface area (Å²) in [5.74, 6) is -0.173. The van der Waals surface area contributed by atoms with E-state index in [1.165, 1.54) is 36.1 Å². The van der Waals surface area contributed by atoms with E-state index in [2.05, 4.69) is 22.8 Å². The van der Waals surface area contributed by atoms with Crippen LogP contribution in [0.5, 0.6) is 0 Å². The highest BCUT2D eigenvalue weighted by molar-refractivity contribution is 6.31. The molecule has 26 heavy (non-hydrogen) atoms. The van der Waals surface area contributed by atoms with E-state index in [1.807, 2.05) is 31.3 Å². The van der Waals surface area contributed by atoms with E-state index in [0.29, 0.717) is 6.04 Å². The Balaban J connectivity index is 1.64. The number of aryl methyl sites for hydroxylation is 1. The van der Waals surface area contributed by atoms with Gasteiger partial charge in [0.05, 0.1) is 5.54 Å². The second-order valence-corrected chi connectivity index (χ2v) is 7.59. The molecule has 0 radical (unpaired) electrons. The number of nitrogens with one attached hydrogen (secondary N) is 2. The lowest BCUT2D eigenvalue weighted by molar-refractivity contribution is 0.178. The number of benzene rings is 2. The van der Waals surface area contributed by atoms with Gasteiger partial charge in [-0.3, -0.25) is 0 Å². The van der Waals surface area contributed by atoms with Gasteiger partial charge in [0.25, 0.3) is 0 Å². The zero-order valence-corrected chi connectivity index (χ0v) is 16.2. The lowest BCUT2D eigenvalue weighted by atomic mass is 9.72. The molecule has 1 saturated carbocycles. The average molecular weight is 375 g/mol. The van der Waals surface area contributed by atoms with Crippen LogP contribution in [0.4, 0.5) is 4.39 Å². The summed E-state index contributed by atoms with van der Waals surface area (Å²) in [4.78, 5) is 0. The van der Waals surface area contributed by atoms with Crippen molar-refractivity contribution in [1.82, 2.24) is 10.6 Å². The van der Waals surface area contributed by atoms with Crippen LogP contribution in [0.3, 0.4) is 0 Å². The van der Waals surface area contributed by atoms with Crippen LogP contribution in [0.2, 0.25) is 5.02 Å². The van der Waals surface area contributed by atoms with Crippen LogP contribution < -0.4 is 10.6 Å². The molecule has 1 fully saturated rings. The van der Waals surface area contributed by atoms with E-state index in [0.717, 1.165) is 37.3 Å². The first-order valence-corrected chi connectivity index (χ1v) is 9.95. The second-order valence-electron chi connectivity index (χ2n) is 7.18. The first-order chi connectivity index (χ1) is 12.7. The fraction of sp³-hybridized carbons (Fsp3) is 0.455. The van der Waals surface area contributed by atoms with Crippen LogP contribution in [0.25, 0.3) is 0 Å². The minimum absolute atomic E-state index is 0.119. The molecular weight excluding hydrogens is 347 g/mol. The van der Waals surface area contributed by atoms with Crippen LogP contribution in [0, 0.1) is 5.82 Å². The molecule has 0 bridgehead atoms. The van der Waals surface area contributed by atoms with E-state index < -0.39 is 0 Å². The summed E-state index contributed by atoms with van der Waals surface area (Å²) in [5, 5.41) is 8.21. The highest BCUT2D eigenvalue weighted by Gasteiger charge is 2.41. The smallest absolute Gasteiger partial charge is 0.123 e. The molecule has 0 unspecified atom stereocenters. The standard InChI is InChI=1S/C22H28ClFN2/c1-25-22(19-8-2-3-9-20(19)23)15-5-4-10-21(22)26-16-6-7-17-11-13-18(24)14-12-17/h2-3,8-9,11-14,21,25-26H,4-7,10,15-16H2,1H3/t21-,22-/m0/s1. The Kier molecular flexibility index (Phi) is 6.68. The molecule has 2 aromatic rings. The first-order valence-electron chi connectivity index (χ1n) is 9.57. The monoisotopic (exact) mass is 374 g/mol. The molecule has 2 nitrogen and oxygen atoms in total. The molecule has 0 aliphatic heterocycles. The average Bonchev–Trinajstić information content (AvgIpc) is 2.67. The molecule has 0 aromatic heterocycles. The Morgan fingerprint density at radius 2 is 1.88 bits per heavy atom. The molecule has 0 heterocycles. The molecule has 2 N–H and O–H groups in total. The van der Waals surface area contributed by atoms with Crippen molar-refractivity contribution in [2.45, 2.75) is 50.1 Å². The highest BCUT2D eigenvalue weighted by atomic mass is 35.5. The van der Waals surface area contributed by atoms with Gasteiger partial charge in [0.1, 0.15) is 5.82 Å². The summed E-state index contributed by atoms with van der Waals surface area (Å²) < 4.78 is 13.0. The van der Waals surface area contributed by atoms with Gasteiger partial charge in [-0.05, 0) is 68.6 Å². The Morgan fingerprint density at radius 3 is 2.62 bits per heavy atom. The summed E-state index contributed by atoms with van der Waals surface area (Å²) >= 11 is 6.55. The van der Waals surface area contributed by atoms with Crippen molar-refractivity contribution in [1.29, 1.82) is 0 Å². The van der Waals surface area contributed by atoms with Crippen molar-refractivity contribution >= 4 is 11.6 Å². The van der Waals surface area contributed by atoms with Crippen LogP contribution in [-0.2, 0) is 12.0 Å². The summed E-state index contributed by atoms with van der Waals surface area (Å²) in [7, 11) is 2.04. The molecule has 0 amide bonds. The quantitative estimate of drug-likeness (QED) is 0.662. The van der Waals surface area contributed by atoms with Crippen LogP contribution in [0.1, 0.15) is 43.2 Å². The molecule has 140 valence electrons. The van der Waals surface area contributed by atoms with Crippen molar-refractivity contribution in [3.63, 3.8) is 0 Å². The normalized spacial score (nSPS) is 23.1. The summed E-state index contributed by atoms with van der Waals surface area (Å²) in [6.07, 6.45) is 6.66. The minimum atomic E-state index is -0.173. The van der Waals surface area contributed by atoms with Crippen molar-refractivity contribution in [2.24, 2.45) is 0 Å². The van der Waals surface area contributed by atoms with Crippen molar-refractivity contribution in [3.05, 3.63) is 70.5 Å². The zero-order chi connectivity index (χ0) is 18.4. The van der Waals surface area contributed by atoms with E-state index in [1.54, 1.807) is 0 Å². The Labute approximate surface area is 161 Å². The van der Waals surface area contributed by atoms with Crippen LogP contribution in [0.15, 0.2) is 48.5 Å². The van der Waals surface area contributed by atoms with Crippen molar-refractivity contribution in [3.8, 4) is 0 Å². The van der Waals surface area contributed by atoms with Gasteiger partial charge in [0.2, 0.25) is 0 Å². The van der Waals surface area contributed by atoms with Gasteiger partial charge in [0, 0.05) is 11.1 Å². The lowest BCUT2D eigenvalue weighted by Crippen LogP contribution is -2.58. The Bertz CT molecular complexity index is 704. The molecule has 0 saturated heterocycles. The third-order valence-electron chi connectivity index (χ3n) is 5.66. The van der Waals surface area contributed by atoms with Gasteiger partial charge < -0.3 is 10.6 Å². The lowest BCUT2D eigenvalue weighted by Gasteiger charge is -2.45. The molecular formula is C22H28ClFN2. The van der Waals surface area contributed by atoms with E-state index in [4.69, 9.17) is 11.6 Å². The summed E-state index contributed by atoms with van der Waals surface area (Å²) in [6, 6.07) is 15.4. The molecule has 1 aliphatic carbocycles. The maximum atomic E-state index is 13.0. The maximum absolute atomic E-state index is 13.0. The van der Waals surface area contributed by atoms with Gasteiger partial charge in [-0.25, -0.2) is 4.39 Å². The predicted octanol–water partition coefficient (Wildman–Crippen LogP) is 5.06. The Hall–Kier alpha value is -1.42. The predicted molar refractivity (Wildman–Crippen MR) is 107 cm³/mol. The van der Waals surface area contributed by atoms with E-state index in [9.17, 15) is 4.39 Å². The fourth-order valence-electron chi connectivity index (χ4n) is 4.25. The fourth-order valence-corrected chi connectivity index (χ4v) is 4.55. The number of hydrogen-bond donors (Lipinski definition) is 2. The molecule has 2 aromatic carbocycles. The maximum Gasteiger partial charge on any atom is 0.123 e. The van der Waals surface area contributed by atoms with Gasteiger partial charge in [0.15, 0.2) is 0 Å². The highest BCUT2D eigenvalue weighted by Crippen LogP contribution is 2.40. The molecule has 2 atom stereocenters. The molecule has 4 heteroatoms. The largest absolute Gasteiger partial charge is 0.312 e. The van der Waals surface area contributed by atoms with Crippen LogP contribution >= 0.6 is 11.6 Å².